The van der Waals surface area contributed by atoms with Crippen molar-refractivity contribution < 1.29 is 21.7 Å². The van der Waals surface area contributed by atoms with Gasteiger partial charge in [0.1, 0.15) is 0 Å². The van der Waals surface area contributed by atoms with Crippen LogP contribution in [-0.4, -0.2) is 0 Å². The summed E-state index contributed by atoms with van der Waals surface area (Å²) < 4.78 is 0. The molecule has 2 aliphatic rings. The van der Waals surface area contributed by atoms with Gasteiger partial charge in [-0.05, 0) is 64.2 Å². The summed E-state index contributed by atoms with van der Waals surface area (Å²) in [4.78, 5) is 0. The van der Waals surface area contributed by atoms with Gasteiger partial charge in [0, 0.05) is 0 Å². The first kappa shape index (κ1) is 25.3. The summed E-state index contributed by atoms with van der Waals surface area (Å²) in [5.41, 5.74) is 5.87. The van der Waals surface area contributed by atoms with Gasteiger partial charge in [-0.25, -0.2) is 0 Å². The zero-order chi connectivity index (χ0) is 16.9. The van der Waals surface area contributed by atoms with Crippen LogP contribution in [0.1, 0.15) is 41.5 Å². The van der Waals surface area contributed by atoms with Gasteiger partial charge in [0.15, 0.2) is 0 Å². The Morgan fingerprint density at radius 1 is 0.478 bits per heavy atom. The first-order valence-electron chi connectivity index (χ1n) is 7.58. The van der Waals surface area contributed by atoms with E-state index in [1.165, 1.54) is 0 Å². The van der Waals surface area contributed by atoms with E-state index in [2.05, 4.69) is 65.2 Å². The molecular formula is C22H28Ti. The summed E-state index contributed by atoms with van der Waals surface area (Å²) in [7, 11) is 0. The van der Waals surface area contributed by atoms with E-state index < -0.39 is 0 Å². The molecule has 0 bridgehead atoms. The molecule has 0 saturated heterocycles. The molecule has 2 fully saturated rings. The van der Waals surface area contributed by atoms with Gasteiger partial charge in [0.05, 0.1) is 0 Å². The summed E-state index contributed by atoms with van der Waals surface area (Å²) in [5.74, 6) is 0. The number of allylic oxidation sites excluding steroid dienone is 2. The van der Waals surface area contributed by atoms with E-state index in [0.717, 1.165) is 0 Å². The third kappa shape index (κ3) is 24.4. The summed E-state index contributed by atoms with van der Waals surface area (Å²) >= 11 is 0. The van der Waals surface area contributed by atoms with Crippen LogP contribution in [0, 0.1) is 87.2 Å². The molecule has 0 aliphatic heterocycles. The van der Waals surface area contributed by atoms with Gasteiger partial charge in [-0.15, -0.1) is 10.8 Å². The Morgan fingerprint density at radius 2 is 0.652 bits per heavy atom. The first-order chi connectivity index (χ1) is 10.2. The molecule has 0 aromatic heterocycles. The zero-order valence-corrected chi connectivity index (χ0v) is 16.8. The van der Waals surface area contributed by atoms with Crippen LogP contribution in [-0.2, 0) is 21.7 Å². The third-order valence-electron chi connectivity index (χ3n) is 2.05. The van der Waals surface area contributed by atoms with E-state index in [1.54, 1.807) is 0 Å². The van der Waals surface area contributed by atoms with E-state index >= 15 is 0 Å². The second-order valence-corrected chi connectivity index (χ2v) is 6.92. The van der Waals surface area contributed by atoms with Crippen LogP contribution >= 0.6 is 0 Å². The van der Waals surface area contributed by atoms with E-state index in [-0.39, 0.29) is 32.5 Å². The van der Waals surface area contributed by atoms with Crippen molar-refractivity contribution in [3.8, 4) is 0 Å². The third-order valence-corrected chi connectivity index (χ3v) is 2.05. The summed E-state index contributed by atoms with van der Waals surface area (Å²) in [5, 5.41) is 0. The molecule has 0 N–H and O–H groups in total. The van der Waals surface area contributed by atoms with E-state index in [0.29, 0.717) is 0 Å². The average Bonchev–Trinajstić information content (AvgIpc) is 3.08. The second-order valence-electron chi connectivity index (χ2n) is 6.92. The summed E-state index contributed by atoms with van der Waals surface area (Å²) in [6, 6.07) is 0. The van der Waals surface area contributed by atoms with E-state index in [4.69, 9.17) is 0 Å². The van der Waals surface area contributed by atoms with Crippen LogP contribution in [0.5, 0.6) is 0 Å². The molecule has 0 nitrogen and oxygen atoms in total. The van der Waals surface area contributed by atoms with Gasteiger partial charge in [0.25, 0.3) is 0 Å². The predicted molar refractivity (Wildman–Crippen MR) is 95.4 cm³/mol. The normalized spacial score (nSPS) is 16.4. The minimum absolute atomic E-state index is 0. The van der Waals surface area contributed by atoms with E-state index in [1.807, 2.05) is 64.2 Å². The molecule has 1 heteroatoms. The van der Waals surface area contributed by atoms with Crippen LogP contribution in [0.15, 0.2) is 11.5 Å². The Hall–Kier alpha value is 0.0143. The molecule has 0 amide bonds. The SMILES string of the molecule is CC(C)(C)[C-]=C=C=[C-]C(C)(C)C.[CH]1[CH][CH][CH][CH]1.[CH]1[CH][CH][CH][CH]1.[Ti+2]. The van der Waals surface area contributed by atoms with Crippen molar-refractivity contribution >= 4 is 0 Å². The largest absolute Gasteiger partial charge is 2.00 e. The molecule has 10 radical (unpaired) electrons. The smallest absolute Gasteiger partial charge is 0.533 e. The molecule has 2 saturated carbocycles. The van der Waals surface area contributed by atoms with Crippen LogP contribution in [0.4, 0.5) is 0 Å². The van der Waals surface area contributed by atoms with Crippen LogP contribution in [0.3, 0.4) is 0 Å². The maximum atomic E-state index is 3.07. The maximum Gasteiger partial charge on any atom is 2.00 e. The molecular weight excluding hydrogens is 312 g/mol. The standard InChI is InChI=1S/C12H18.2C5H5.Ti/c1-11(2,3)9-7-8-10-12(4,5)6;2*1-2-4-5-3-1;/h1-6H3;2*1-5H;/q-2;;;+2. The monoisotopic (exact) mass is 340 g/mol. The minimum Gasteiger partial charge on any atom is -0.533 e. The van der Waals surface area contributed by atoms with Crippen molar-refractivity contribution in [1.29, 1.82) is 0 Å². The van der Waals surface area contributed by atoms with Crippen molar-refractivity contribution in [2.45, 2.75) is 41.5 Å². The van der Waals surface area contributed by atoms with Crippen molar-refractivity contribution in [3.05, 3.63) is 87.8 Å². The second kappa shape index (κ2) is 14.4. The number of hydrogen-bond donors (Lipinski definition) is 0. The molecule has 0 heterocycles. The van der Waals surface area contributed by atoms with Gasteiger partial charge < -0.3 is 23.6 Å². The van der Waals surface area contributed by atoms with Crippen LogP contribution in [0.25, 0.3) is 0 Å². The van der Waals surface area contributed by atoms with Crippen molar-refractivity contribution in [3.63, 3.8) is 0 Å². The van der Waals surface area contributed by atoms with Gasteiger partial charge in [-0.1, -0.05) is 41.5 Å². The van der Waals surface area contributed by atoms with Gasteiger partial charge >= 0.3 is 21.7 Å². The molecule has 120 valence electrons. The molecule has 0 atom stereocenters. The van der Waals surface area contributed by atoms with Gasteiger partial charge in [-0.2, -0.15) is 0 Å². The number of hydrogen-bond acceptors (Lipinski definition) is 0. The Kier molecular flexibility index (Phi) is 15.8. The molecule has 23 heavy (non-hydrogen) atoms. The van der Waals surface area contributed by atoms with Crippen LogP contribution in [0.2, 0.25) is 0 Å². The van der Waals surface area contributed by atoms with Crippen molar-refractivity contribution in [2.24, 2.45) is 10.8 Å². The van der Waals surface area contributed by atoms with Crippen molar-refractivity contribution in [2.75, 3.05) is 0 Å². The Balaban J connectivity index is 0. The topological polar surface area (TPSA) is 0 Å². The molecule has 2 aliphatic carbocycles. The fourth-order valence-corrected chi connectivity index (χ4v) is 1.08. The summed E-state index contributed by atoms with van der Waals surface area (Å²) in [6.45, 7) is 12.5. The molecule has 2 rings (SSSR count). The molecule has 0 spiro atoms. The first-order valence-corrected chi connectivity index (χ1v) is 7.58. The van der Waals surface area contributed by atoms with E-state index in [9.17, 15) is 0 Å². The van der Waals surface area contributed by atoms with Gasteiger partial charge in [0.2, 0.25) is 0 Å². The fourth-order valence-electron chi connectivity index (χ4n) is 1.08. The molecule has 0 unspecified atom stereocenters. The van der Waals surface area contributed by atoms with Gasteiger partial charge in [-0.3, -0.25) is 0 Å². The fraction of sp³-hybridized carbons (Fsp3) is 0.364. The predicted octanol–water partition coefficient (Wildman–Crippen LogP) is 5.59. The quantitative estimate of drug-likeness (QED) is 0.306. The average molecular weight is 340 g/mol. The molecule has 0 aromatic carbocycles. The maximum absolute atomic E-state index is 3.07. The van der Waals surface area contributed by atoms with Crippen molar-refractivity contribution in [1.82, 2.24) is 0 Å². The number of rotatable bonds is 0. The Morgan fingerprint density at radius 3 is 0.783 bits per heavy atom. The Bertz CT molecular complexity index is 293. The van der Waals surface area contributed by atoms with Crippen LogP contribution < -0.4 is 0 Å². The Labute approximate surface area is 161 Å². The summed E-state index contributed by atoms with van der Waals surface area (Å²) in [6.07, 6.45) is 26.1. The molecule has 0 aromatic rings. The zero-order valence-electron chi connectivity index (χ0n) is 15.3. The minimum atomic E-state index is 0.